The summed E-state index contributed by atoms with van der Waals surface area (Å²) >= 11 is 0. The van der Waals surface area contributed by atoms with Gasteiger partial charge in [0.2, 0.25) is 0 Å². The number of carbonyl (C=O) groups excluding carboxylic acids is 1. The number of fused-ring (bicyclic) bond motifs is 1. The van der Waals surface area contributed by atoms with E-state index in [2.05, 4.69) is 38.9 Å². The van der Waals surface area contributed by atoms with Crippen molar-refractivity contribution in [2.24, 2.45) is 5.10 Å². The number of benzene rings is 3. The average Bonchev–Trinajstić information content (AvgIpc) is 2.89. The van der Waals surface area contributed by atoms with Crippen molar-refractivity contribution in [2.45, 2.75) is 32.4 Å². The van der Waals surface area contributed by atoms with E-state index in [1.54, 1.807) is 7.11 Å². The third-order valence-electron chi connectivity index (χ3n) is 6.56. The van der Waals surface area contributed by atoms with Gasteiger partial charge in [0.15, 0.2) is 6.23 Å². The summed E-state index contributed by atoms with van der Waals surface area (Å²) in [7, 11) is 1.67. The van der Waals surface area contributed by atoms with Gasteiger partial charge in [-0.15, -0.1) is 0 Å². The Balaban J connectivity index is 1.53. The number of nitrogens with zero attached hydrogens (tertiary/aromatic N) is 2. The summed E-state index contributed by atoms with van der Waals surface area (Å²) in [6.45, 7) is 4.01. The minimum atomic E-state index is -0.284. The zero-order valence-corrected chi connectivity index (χ0v) is 19.7. The highest BCUT2D eigenvalue weighted by Gasteiger charge is 2.24. The van der Waals surface area contributed by atoms with Crippen LogP contribution in [0.3, 0.4) is 0 Å². The Labute approximate surface area is 200 Å². The van der Waals surface area contributed by atoms with Crippen molar-refractivity contribution >= 4 is 23.0 Å². The molecule has 3 aromatic carbocycles. The molecular weight excluding hydrogens is 424 g/mol. The molecule has 6 heteroatoms. The quantitative estimate of drug-likeness (QED) is 0.553. The maximum atomic E-state index is 13.1. The van der Waals surface area contributed by atoms with Crippen molar-refractivity contribution in [1.82, 2.24) is 5.43 Å². The Morgan fingerprint density at radius 2 is 1.79 bits per heavy atom. The maximum Gasteiger partial charge on any atom is 0.255 e. The number of amides is 1. The van der Waals surface area contributed by atoms with Gasteiger partial charge in [-0.05, 0) is 50.5 Å². The predicted octanol–water partition coefficient (Wildman–Crippen LogP) is 5.24. The van der Waals surface area contributed by atoms with Crippen LogP contribution in [0.1, 0.15) is 58.1 Å². The molecule has 5 rings (SSSR count). The topological polar surface area (TPSA) is 66.0 Å². The fourth-order valence-corrected chi connectivity index (χ4v) is 4.69. The lowest BCUT2D eigenvalue weighted by Crippen LogP contribution is -2.31. The van der Waals surface area contributed by atoms with E-state index in [1.165, 1.54) is 6.42 Å². The van der Waals surface area contributed by atoms with Gasteiger partial charge in [0.05, 0.1) is 17.1 Å². The fourth-order valence-electron chi connectivity index (χ4n) is 4.69. The van der Waals surface area contributed by atoms with Crippen LogP contribution in [0.4, 0.5) is 11.4 Å². The summed E-state index contributed by atoms with van der Waals surface area (Å²) in [5.41, 5.74) is 10.6. The van der Waals surface area contributed by atoms with Crippen molar-refractivity contribution < 1.29 is 9.53 Å². The Morgan fingerprint density at radius 3 is 2.56 bits per heavy atom. The van der Waals surface area contributed by atoms with E-state index in [9.17, 15) is 4.79 Å². The number of hydrogen-bond donors (Lipinski definition) is 2. The minimum Gasteiger partial charge on any atom is -0.370 e. The largest absolute Gasteiger partial charge is 0.370 e. The molecule has 1 amide bonds. The fraction of sp³-hybridized carbons (Fsp3) is 0.286. The predicted molar refractivity (Wildman–Crippen MR) is 137 cm³/mol. The van der Waals surface area contributed by atoms with E-state index in [4.69, 9.17) is 4.74 Å². The first-order valence-electron chi connectivity index (χ1n) is 11.9. The van der Waals surface area contributed by atoms with Gasteiger partial charge in [0.1, 0.15) is 0 Å². The average molecular weight is 455 g/mol. The van der Waals surface area contributed by atoms with E-state index in [-0.39, 0.29) is 12.1 Å². The van der Waals surface area contributed by atoms with E-state index in [1.807, 2.05) is 55.5 Å². The van der Waals surface area contributed by atoms with Crippen molar-refractivity contribution in [3.63, 3.8) is 0 Å². The van der Waals surface area contributed by atoms with Crippen LogP contribution in [0, 0.1) is 6.92 Å². The van der Waals surface area contributed by atoms with Crippen LogP contribution in [0.15, 0.2) is 71.8 Å². The van der Waals surface area contributed by atoms with Crippen LogP contribution in [0.2, 0.25) is 0 Å². The maximum absolute atomic E-state index is 13.1. The van der Waals surface area contributed by atoms with Gasteiger partial charge in [-0.1, -0.05) is 48.0 Å². The molecule has 174 valence electrons. The molecule has 3 aromatic rings. The first-order chi connectivity index (χ1) is 16.6. The molecule has 0 bridgehead atoms. The van der Waals surface area contributed by atoms with Crippen LogP contribution in [-0.2, 0) is 4.74 Å². The van der Waals surface area contributed by atoms with Gasteiger partial charge in [0.25, 0.3) is 5.91 Å². The number of piperidine rings is 1. The Kier molecular flexibility index (Phi) is 6.32. The number of ether oxygens (including phenoxy) is 1. The Bertz CT molecular complexity index is 1210. The molecule has 2 N–H and O–H groups in total. The number of rotatable bonds is 5. The van der Waals surface area contributed by atoms with Gasteiger partial charge in [-0.25, -0.2) is 0 Å². The zero-order valence-electron chi connectivity index (χ0n) is 19.7. The van der Waals surface area contributed by atoms with Crippen LogP contribution in [0.5, 0.6) is 0 Å². The summed E-state index contributed by atoms with van der Waals surface area (Å²) in [6, 6.07) is 22.0. The first-order valence-corrected chi connectivity index (χ1v) is 11.9. The molecule has 0 saturated carbocycles. The highest BCUT2D eigenvalue weighted by Crippen LogP contribution is 2.33. The molecule has 1 saturated heterocycles. The molecule has 34 heavy (non-hydrogen) atoms. The number of aryl methyl sites for hydroxylation is 1. The smallest absolute Gasteiger partial charge is 0.255 e. The second kappa shape index (κ2) is 9.69. The molecule has 0 radical (unpaired) electrons. The van der Waals surface area contributed by atoms with E-state index < -0.39 is 0 Å². The van der Waals surface area contributed by atoms with Crippen molar-refractivity contribution in [1.29, 1.82) is 0 Å². The van der Waals surface area contributed by atoms with Gasteiger partial charge >= 0.3 is 0 Å². The Hall–Kier alpha value is -3.64. The second-order valence-electron chi connectivity index (χ2n) is 8.89. The summed E-state index contributed by atoms with van der Waals surface area (Å²) in [4.78, 5) is 15.5. The lowest BCUT2D eigenvalue weighted by molar-refractivity contribution is 0.0731. The summed E-state index contributed by atoms with van der Waals surface area (Å²) in [5.74, 6) is -0.112. The standard InChI is InChI=1S/C28H30N4O2/c1-19-10-12-20(13-11-19)27(33)29-24-18-21(14-15-25(24)32-16-6-3-7-17-32)26-22-8-4-5-9-23(22)28(34-2)31-30-26/h4-5,8-15,18,28,31H,3,6-7,16-17H2,1-2H3,(H,29,33). The normalized spacial score (nSPS) is 17.4. The van der Waals surface area contributed by atoms with Crippen LogP contribution in [-0.4, -0.2) is 31.8 Å². The van der Waals surface area contributed by atoms with Gasteiger partial charge in [-0.3, -0.25) is 10.2 Å². The first kappa shape index (κ1) is 22.2. The molecule has 6 nitrogen and oxygen atoms in total. The Morgan fingerprint density at radius 1 is 1.03 bits per heavy atom. The minimum absolute atomic E-state index is 0.112. The summed E-state index contributed by atoms with van der Waals surface area (Å²) in [5, 5.41) is 7.83. The second-order valence-corrected chi connectivity index (χ2v) is 8.89. The zero-order chi connectivity index (χ0) is 23.5. The molecule has 0 aliphatic carbocycles. The molecule has 2 aliphatic heterocycles. The number of anilines is 2. The van der Waals surface area contributed by atoms with Crippen molar-refractivity contribution in [3.8, 4) is 0 Å². The lowest BCUT2D eigenvalue weighted by Gasteiger charge is -2.31. The molecule has 2 heterocycles. The highest BCUT2D eigenvalue weighted by molar-refractivity contribution is 6.15. The SMILES string of the molecule is COC1NN=C(c2ccc(N3CCCCC3)c(NC(=O)c3ccc(C)cc3)c2)c2ccccc21. The van der Waals surface area contributed by atoms with E-state index >= 15 is 0 Å². The number of hydrazone groups is 1. The van der Waals surface area contributed by atoms with Crippen LogP contribution < -0.4 is 15.6 Å². The molecular formula is C28H30N4O2. The monoisotopic (exact) mass is 454 g/mol. The molecule has 0 spiro atoms. The van der Waals surface area contributed by atoms with Gasteiger partial charge in [-0.2, -0.15) is 5.10 Å². The molecule has 1 atom stereocenters. The third-order valence-corrected chi connectivity index (χ3v) is 6.56. The highest BCUT2D eigenvalue weighted by atomic mass is 16.5. The van der Waals surface area contributed by atoms with Crippen LogP contribution in [0.25, 0.3) is 0 Å². The molecule has 1 fully saturated rings. The number of hydrogen-bond acceptors (Lipinski definition) is 5. The van der Waals surface area contributed by atoms with Crippen LogP contribution >= 0.6 is 0 Å². The van der Waals surface area contributed by atoms with E-state index in [0.717, 1.165) is 65.3 Å². The number of methoxy groups -OCH3 is 1. The lowest BCUT2D eigenvalue weighted by atomic mass is 9.94. The van der Waals surface area contributed by atoms with Gasteiger partial charge in [0, 0.05) is 42.5 Å². The molecule has 2 aliphatic rings. The number of nitrogens with one attached hydrogen (secondary N) is 2. The summed E-state index contributed by atoms with van der Waals surface area (Å²) in [6.07, 6.45) is 3.29. The molecule has 1 unspecified atom stereocenters. The van der Waals surface area contributed by atoms with E-state index in [0.29, 0.717) is 5.56 Å². The third kappa shape index (κ3) is 4.41. The molecule has 0 aromatic heterocycles. The van der Waals surface area contributed by atoms with Crippen molar-refractivity contribution in [3.05, 3.63) is 94.5 Å². The summed E-state index contributed by atoms with van der Waals surface area (Å²) < 4.78 is 5.55. The van der Waals surface area contributed by atoms with Crippen molar-refractivity contribution in [2.75, 3.05) is 30.4 Å². The van der Waals surface area contributed by atoms with Gasteiger partial charge < -0.3 is 15.0 Å². The number of carbonyl (C=O) groups is 1.